The van der Waals surface area contributed by atoms with E-state index >= 15 is 0 Å². The first kappa shape index (κ1) is 16.9. The van der Waals surface area contributed by atoms with E-state index in [2.05, 4.69) is 72.5 Å². The van der Waals surface area contributed by atoms with E-state index in [1.54, 1.807) is 11.8 Å². The Kier molecular flexibility index (Phi) is 4.81. The highest BCUT2D eigenvalue weighted by molar-refractivity contribution is 7.99. The van der Waals surface area contributed by atoms with E-state index in [1.165, 1.54) is 21.2 Å². The molecule has 0 atom stereocenters. The number of unbranched alkanes of at least 4 members (excludes halogenated alkanes) is 1. The summed E-state index contributed by atoms with van der Waals surface area (Å²) in [5, 5.41) is 0. The molecule has 26 heavy (non-hydrogen) atoms. The molecule has 2 nitrogen and oxygen atoms in total. The molecule has 3 aromatic carbocycles. The molecule has 1 heterocycles. The molecule has 0 spiro atoms. The maximum Gasteiger partial charge on any atom is 0.162 e. The number of nitrogens with zero attached hydrogens (tertiary/aromatic N) is 1. The third kappa shape index (κ3) is 3.15. The number of fused-ring (bicyclic) bond motifs is 2. The highest BCUT2D eigenvalue weighted by Gasteiger charge is 2.24. The molecule has 1 aliphatic rings. The molecule has 0 unspecified atom stereocenters. The van der Waals surface area contributed by atoms with Gasteiger partial charge in [-0.05, 0) is 55.0 Å². The highest BCUT2D eigenvalue weighted by Crippen LogP contribution is 2.50. The number of para-hydroxylation sites is 2. The maximum atomic E-state index is 12.3. The van der Waals surface area contributed by atoms with Crippen molar-refractivity contribution in [2.45, 2.75) is 36.0 Å². The number of rotatable bonds is 5. The number of carbonyl (C=O) groups excluding carboxylic acids is 1. The largest absolute Gasteiger partial charge is 0.308 e. The summed E-state index contributed by atoms with van der Waals surface area (Å²) < 4.78 is 0. The summed E-state index contributed by atoms with van der Waals surface area (Å²) >= 11 is 1.80. The van der Waals surface area contributed by atoms with Crippen LogP contribution in [-0.2, 0) is 0 Å². The van der Waals surface area contributed by atoms with Crippen molar-refractivity contribution in [2.75, 3.05) is 4.90 Å². The van der Waals surface area contributed by atoms with Gasteiger partial charge in [0.25, 0.3) is 0 Å². The number of benzene rings is 3. The summed E-state index contributed by atoms with van der Waals surface area (Å²) in [6, 6.07) is 25.0. The summed E-state index contributed by atoms with van der Waals surface area (Å²) in [5.74, 6) is 0.230. The van der Waals surface area contributed by atoms with Crippen molar-refractivity contribution in [3.05, 3.63) is 78.4 Å². The fourth-order valence-corrected chi connectivity index (χ4v) is 4.32. The van der Waals surface area contributed by atoms with Gasteiger partial charge in [0.15, 0.2) is 5.78 Å². The molecule has 0 N–H and O–H groups in total. The van der Waals surface area contributed by atoms with Gasteiger partial charge in [0.2, 0.25) is 0 Å². The van der Waals surface area contributed by atoms with Crippen molar-refractivity contribution in [2.24, 2.45) is 0 Å². The van der Waals surface area contributed by atoms with E-state index in [0.717, 1.165) is 24.1 Å². The van der Waals surface area contributed by atoms with Crippen LogP contribution in [0.5, 0.6) is 0 Å². The molecule has 0 fully saturated rings. The van der Waals surface area contributed by atoms with Gasteiger partial charge in [-0.15, -0.1) is 0 Å². The SMILES string of the molecule is CCCCC(=O)c1ccc(N2c3ccccc3Sc3ccccc32)cc1. The average molecular weight is 359 g/mol. The molecule has 0 amide bonds. The maximum absolute atomic E-state index is 12.3. The normalized spacial score (nSPS) is 12.4. The zero-order valence-corrected chi connectivity index (χ0v) is 15.6. The molecule has 1 aliphatic heterocycles. The molecule has 4 rings (SSSR count). The molecule has 0 saturated carbocycles. The Balaban J connectivity index is 1.73. The Morgan fingerprint density at radius 3 is 2.00 bits per heavy atom. The van der Waals surface area contributed by atoms with Crippen LogP contribution in [-0.4, -0.2) is 5.78 Å². The Morgan fingerprint density at radius 1 is 0.846 bits per heavy atom. The lowest BCUT2D eigenvalue weighted by molar-refractivity contribution is 0.0980. The third-order valence-corrected chi connectivity index (χ3v) is 5.77. The van der Waals surface area contributed by atoms with Crippen molar-refractivity contribution in [3.63, 3.8) is 0 Å². The van der Waals surface area contributed by atoms with Gasteiger partial charge in [-0.1, -0.05) is 49.4 Å². The second kappa shape index (κ2) is 7.38. The van der Waals surface area contributed by atoms with Gasteiger partial charge in [0.1, 0.15) is 0 Å². The standard InChI is InChI=1S/C23H21NOS/c1-2-3-10-21(25)17-13-15-18(16-14-17)24-19-8-4-6-11-22(19)26-23-12-7-5-9-20(23)24/h4-9,11-16H,2-3,10H2,1H3. The first-order valence-corrected chi connectivity index (χ1v) is 9.89. The van der Waals surface area contributed by atoms with Crippen molar-refractivity contribution in [1.82, 2.24) is 0 Å². The van der Waals surface area contributed by atoms with Gasteiger partial charge in [-0.3, -0.25) is 4.79 Å². The number of carbonyl (C=O) groups is 1. The van der Waals surface area contributed by atoms with Crippen LogP contribution in [0, 0.1) is 0 Å². The van der Waals surface area contributed by atoms with Crippen LogP contribution in [0.25, 0.3) is 0 Å². The van der Waals surface area contributed by atoms with E-state index in [1.807, 2.05) is 12.1 Å². The first-order chi connectivity index (χ1) is 12.8. The van der Waals surface area contributed by atoms with Gasteiger partial charge in [-0.25, -0.2) is 0 Å². The highest BCUT2D eigenvalue weighted by atomic mass is 32.2. The number of hydrogen-bond acceptors (Lipinski definition) is 3. The molecule has 0 aliphatic carbocycles. The lowest BCUT2D eigenvalue weighted by atomic mass is 10.0. The van der Waals surface area contributed by atoms with Crippen LogP contribution in [0.1, 0.15) is 36.5 Å². The van der Waals surface area contributed by atoms with Gasteiger partial charge in [-0.2, -0.15) is 0 Å². The zero-order chi connectivity index (χ0) is 17.9. The van der Waals surface area contributed by atoms with E-state index in [4.69, 9.17) is 0 Å². The van der Waals surface area contributed by atoms with Gasteiger partial charge in [0, 0.05) is 27.5 Å². The Hall–Kier alpha value is -2.52. The number of anilines is 3. The lowest BCUT2D eigenvalue weighted by Crippen LogP contribution is -2.14. The minimum atomic E-state index is 0.230. The van der Waals surface area contributed by atoms with Crippen LogP contribution >= 0.6 is 11.8 Å². The second-order valence-corrected chi connectivity index (χ2v) is 7.53. The predicted octanol–water partition coefficient (Wildman–Crippen LogP) is 6.99. The second-order valence-electron chi connectivity index (χ2n) is 6.45. The van der Waals surface area contributed by atoms with Crippen LogP contribution in [0.2, 0.25) is 0 Å². The summed E-state index contributed by atoms with van der Waals surface area (Å²) in [7, 11) is 0. The lowest BCUT2D eigenvalue weighted by Gasteiger charge is -2.32. The molecule has 0 aromatic heterocycles. The molecule has 130 valence electrons. The summed E-state index contributed by atoms with van der Waals surface area (Å²) in [6.07, 6.45) is 2.62. The Morgan fingerprint density at radius 2 is 1.42 bits per heavy atom. The molecule has 3 heteroatoms. The first-order valence-electron chi connectivity index (χ1n) is 9.07. The minimum Gasteiger partial charge on any atom is -0.308 e. The smallest absolute Gasteiger partial charge is 0.162 e. The fraction of sp³-hybridized carbons (Fsp3) is 0.174. The topological polar surface area (TPSA) is 20.3 Å². The molecule has 0 saturated heterocycles. The van der Waals surface area contributed by atoms with Crippen LogP contribution in [0.3, 0.4) is 0 Å². The van der Waals surface area contributed by atoms with Crippen LogP contribution < -0.4 is 4.90 Å². The predicted molar refractivity (Wildman–Crippen MR) is 109 cm³/mol. The summed E-state index contributed by atoms with van der Waals surface area (Å²) in [6.45, 7) is 2.11. The summed E-state index contributed by atoms with van der Waals surface area (Å²) in [5.41, 5.74) is 4.25. The molecular weight excluding hydrogens is 338 g/mol. The van der Waals surface area contributed by atoms with Crippen molar-refractivity contribution in [1.29, 1.82) is 0 Å². The van der Waals surface area contributed by atoms with Crippen molar-refractivity contribution >= 4 is 34.6 Å². The third-order valence-electron chi connectivity index (χ3n) is 4.64. The van der Waals surface area contributed by atoms with E-state index in [-0.39, 0.29) is 5.78 Å². The van der Waals surface area contributed by atoms with Crippen LogP contribution in [0.4, 0.5) is 17.1 Å². The zero-order valence-electron chi connectivity index (χ0n) is 14.8. The molecule has 3 aromatic rings. The summed E-state index contributed by atoms with van der Waals surface area (Å²) in [4.78, 5) is 17.0. The molecule has 0 radical (unpaired) electrons. The Labute approximate surface area is 158 Å². The van der Waals surface area contributed by atoms with Crippen LogP contribution in [0.15, 0.2) is 82.6 Å². The molecular formula is C23H21NOS. The van der Waals surface area contributed by atoms with Crippen molar-refractivity contribution in [3.8, 4) is 0 Å². The average Bonchev–Trinajstić information content (AvgIpc) is 2.70. The number of hydrogen-bond donors (Lipinski definition) is 0. The van der Waals surface area contributed by atoms with E-state index in [9.17, 15) is 4.79 Å². The van der Waals surface area contributed by atoms with E-state index < -0.39 is 0 Å². The number of ketones is 1. The van der Waals surface area contributed by atoms with Gasteiger partial charge >= 0.3 is 0 Å². The fourth-order valence-electron chi connectivity index (χ4n) is 3.26. The number of Topliss-reactive ketones (excluding diaryl/α,β-unsaturated/α-hetero) is 1. The monoisotopic (exact) mass is 359 g/mol. The van der Waals surface area contributed by atoms with Gasteiger partial charge in [0.05, 0.1) is 11.4 Å². The van der Waals surface area contributed by atoms with Crippen molar-refractivity contribution < 1.29 is 4.79 Å². The quantitative estimate of drug-likeness (QED) is 0.358. The van der Waals surface area contributed by atoms with Gasteiger partial charge < -0.3 is 4.90 Å². The molecule has 0 bridgehead atoms. The minimum absolute atomic E-state index is 0.230. The van der Waals surface area contributed by atoms with E-state index in [0.29, 0.717) is 6.42 Å². The Bertz CT molecular complexity index is 887.